The van der Waals surface area contributed by atoms with Crippen molar-refractivity contribution in [1.29, 1.82) is 0 Å². The minimum atomic E-state index is -4.08. The van der Waals surface area contributed by atoms with Crippen LogP contribution in [0.3, 0.4) is 0 Å². The predicted molar refractivity (Wildman–Crippen MR) is 143 cm³/mol. The third kappa shape index (κ3) is 9.48. The molecule has 1 aromatic carbocycles. The van der Waals surface area contributed by atoms with Gasteiger partial charge in [0.05, 0.1) is 12.3 Å². The van der Waals surface area contributed by atoms with Crippen LogP contribution in [0, 0.1) is 10.4 Å². The molecular weight excluding hydrogens is 548 g/mol. The van der Waals surface area contributed by atoms with Gasteiger partial charge in [0.1, 0.15) is 6.04 Å². The maximum Gasteiger partial charge on any atom is 0.239 e. The molecule has 0 aliphatic rings. The summed E-state index contributed by atoms with van der Waals surface area (Å²) in [5.41, 5.74) is 7.80. The highest BCUT2D eigenvalue weighted by molar-refractivity contribution is 7.88. The van der Waals surface area contributed by atoms with Gasteiger partial charge in [-0.25, -0.2) is 13.1 Å². The zero-order valence-electron chi connectivity index (χ0n) is 20.9. The lowest BCUT2D eigenvalue weighted by Gasteiger charge is -2.18. The van der Waals surface area contributed by atoms with Crippen molar-refractivity contribution < 1.29 is 27.5 Å². The number of nitrogens with two attached hydrogens (primary N) is 1. The molecular formula is C25H29ClN6O6S. The number of hydrogen-bond acceptors (Lipinski definition) is 7. The Balaban J connectivity index is 1.65. The van der Waals surface area contributed by atoms with Crippen molar-refractivity contribution in [1.82, 2.24) is 15.4 Å². The van der Waals surface area contributed by atoms with E-state index in [0.29, 0.717) is 20.2 Å². The number of carbonyl (C=O) groups excluding carboxylic acids is 2. The second kappa shape index (κ2) is 13.8. The predicted octanol–water partition coefficient (Wildman–Crippen LogP) is -0.0811. The van der Waals surface area contributed by atoms with Crippen LogP contribution in [0.25, 0.3) is 0 Å². The number of nitrogens with zero attached hydrogens (tertiary/aromatic N) is 2. The first-order valence-corrected chi connectivity index (χ1v) is 14.0. The Morgan fingerprint density at radius 2 is 1.82 bits per heavy atom. The maximum atomic E-state index is 13.0. The fraction of sp³-hybridized carbons (Fsp3) is 0.280. The van der Waals surface area contributed by atoms with Crippen LogP contribution in [0.4, 0.5) is 0 Å². The number of sulfonamides is 1. The first-order chi connectivity index (χ1) is 18.6. The molecule has 1 atom stereocenters. The number of benzene rings is 1. The van der Waals surface area contributed by atoms with Crippen LogP contribution < -0.4 is 30.6 Å². The van der Waals surface area contributed by atoms with Gasteiger partial charge in [0.2, 0.25) is 21.8 Å². The lowest BCUT2D eigenvalue weighted by atomic mass is 10.1. The summed E-state index contributed by atoms with van der Waals surface area (Å²) in [5, 5.41) is 29.1. The molecule has 0 fully saturated rings. The molecule has 0 saturated carbocycles. The molecule has 0 aliphatic carbocycles. The lowest BCUT2D eigenvalue weighted by molar-refractivity contribution is -0.614. The molecule has 0 bridgehead atoms. The van der Waals surface area contributed by atoms with Gasteiger partial charge in [-0.1, -0.05) is 23.7 Å². The number of rotatable bonds is 13. The van der Waals surface area contributed by atoms with Crippen molar-refractivity contribution in [2.75, 3.05) is 6.54 Å². The Morgan fingerprint density at radius 1 is 1.03 bits per heavy atom. The summed E-state index contributed by atoms with van der Waals surface area (Å²) in [6.07, 6.45) is 3.64. The largest absolute Gasteiger partial charge is 0.619 e. The molecule has 5 N–H and O–H groups in total. The highest BCUT2D eigenvalue weighted by Crippen LogP contribution is 2.15. The summed E-state index contributed by atoms with van der Waals surface area (Å²) in [6.45, 7) is -0.0347. The van der Waals surface area contributed by atoms with E-state index in [1.54, 1.807) is 36.4 Å². The van der Waals surface area contributed by atoms with Crippen LogP contribution in [-0.4, -0.2) is 32.8 Å². The second-order valence-corrected chi connectivity index (χ2v) is 10.9. The summed E-state index contributed by atoms with van der Waals surface area (Å²) in [7, 11) is -4.08. The van der Waals surface area contributed by atoms with E-state index in [0.717, 1.165) is 17.3 Å². The van der Waals surface area contributed by atoms with Crippen LogP contribution in [0.15, 0.2) is 67.1 Å². The monoisotopic (exact) mass is 576 g/mol. The van der Waals surface area contributed by atoms with E-state index in [2.05, 4.69) is 15.4 Å². The molecule has 12 nitrogen and oxygen atoms in total. The number of amides is 2. The van der Waals surface area contributed by atoms with Gasteiger partial charge in [0.25, 0.3) is 0 Å². The summed E-state index contributed by atoms with van der Waals surface area (Å²) in [4.78, 5) is 25.4. The van der Waals surface area contributed by atoms with Crippen molar-refractivity contribution in [3.63, 3.8) is 0 Å². The highest BCUT2D eigenvalue weighted by Gasteiger charge is 2.26. The Bertz CT molecular complexity index is 1420. The Labute approximate surface area is 231 Å². The number of halogens is 1. The number of pyridine rings is 2. The van der Waals surface area contributed by atoms with Gasteiger partial charge in [0, 0.05) is 48.3 Å². The minimum absolute atomic E-state index is 0.0579. The normalized spacial score (nSPS) is 12.1. The highest BCUT2D eigenvalue weighted by atomic mass is 35.5. The molecule has 0 spiro atoms. The molecule has 208 valence electrons. The SMILES string of the molecule is NCc1ccc(Cl)cc1CNC(=O)CNC(=O)C(CCc1cccc[n+]1[O-])NS(=O)(=O)Cc1ccc[n+]([O-])c1. The van der Waals surface area contributed by atoms with Crippen molar-refractivity contribution in [2.24, 2.45) is 5.73 Å². The molecule has 39 heavy (non-hydrogen) atoms. The topological polar surface area (TPSA) is 184 Å². The van der Waals surface area contributed by atoms with E-state index < -0.39 is 40.2 Å². The van der Waals surface area contributed by atoms with Gasteiger partial charge in [-0.15, -0.1) is 0 Å². The van der Waals surface area contributed by atoms with E-state index in [9.17, 15) is 28.4 Å². The summed E-state index contributed by atoms with van der Waals surface area (Å²) >= 11 is 6.02. The molecule has 0 radical (unpaired) electrons. The zero-order chi connectivity index (χ0) is 28.4. The van der Waals surface area contributed by atoms with E-state index in [4.69, 9.17) is 17.3 Å². The summed E-state index contributed by atoms with van der Waals surface area (Å²) < 4.78 is 29.1. The molecule has 14 heteroatoms. The van der Waals surface area contributed by atoms with Crippen LogP contribution in [0.5, 0.6) is 0 Å². The Morgan fingerprint density at radius 3 is 2.54 bits per heavy atom. The van der Waals surface area contributed by atoms with Gasteiger partial charge in [-0.05, 0) is 35.7 Å². The molecule has 2 amide bonds. The lowest BCUT2D eigenvalue weighted by Crippen LogP contribution is -2.49. The third-order valence-corrected chi connectivity index (χ3v) is 7.30. The first-order valence-electron chi connectivity index (χ1n) is 11.9. The second-order valence-electron chi connectivity index (χ2n) is 8.67. The van der Waals surface area contributed by atoms with E-state index in [1.165, 1.54) is 24.5 Å². The molecule has 3 rings (SSSR count). The van der Waals surface area contributed by atoms with Crippen molar-refractivity contribution in [3.05, 3.63) is 105 Å². The molecule has 1 unspecified atom stereocenters. The van der Waals surface area contributed by atoms with Gasteiger partial charge in [-0.3, -0.25) is 9.59 Å². The fourth-order valence-electron chi connectivity index (χ4n) is 3.76. The minimum Gasteiger partial charge on any atom is -0.619 e. The van der Waals surface area contributed by atoms with Gasteiger partial charge >= 0.3 is 0 Å². The maximum absolute atomic E-state index is 13.0. The number of aromatic nitrogens is 2. The van der Waals surface area contributed by atoms with E-state index >= 15 is 0 Å². The third-order valence-electron chi connectivity index (χ3n) is 5.71. The zero-order valence-corrected chi connectivity index (χ0v) is 22.5. The quantitative estimate of drug-likeness (QED) is 0.162. The fourth-order valence-corrected chi connectivity index (χ4v) is 5.31. The standard InChI is InChI=1S/C25H29ClN6O6S/c26-21-7-6-19(13-27)20(12-21)14-28-24(33)15-29-25(34)23(9-8-22-5-1-2-11-32(22)36)30-39(37,38)17-18-4-3-10-31(35)16-18/h1-7,10-12,16,23,30H,8-9,13-15,17,27H2,(H,28,33)(H,29,34). The van der Waals surface area contributed by atoms with Crippen molar-refractivity contribution in [2.45, 2.75) is 37.7 Å². The van der Waals surface area contributed by atoms with Crippen molar-refractivity contribution in [3.8, 4) is 0 Å². The smallest absolute Gasteiger partial charge is 0.239 e. The van der Waals surface area contributed by atoms with E-state index in [-0.39, 0.29) is 31.5 Å². The van der Waals surface area contributed by atoms with Crippen LogP contribution in [0.1, 0.15) is 28.8 Å². The van der Waals surface area contributed by atoms with Crippen LogP contribution in [-0.2, 0) is 44.9 Å². The number of aryl methyl sites for hydroxylation is 1. The number of nitrogens with one attached hydrogen (secondary N) is 3. The van der Waals surface area contributed by atoms with Crippen LogP contribution >= 0.6 is 11.6 Å². The molecule has 0 saturated heterocycles. The van der Waals surface area contributed by atoms with E-state index in [1.807, 2.05) is 0 Å². The Kier molecular flexibility index (Phi) is 10.6. The molecule has 2 aromatic heterocycles. The number of hydrogen-bond donors (Lipinski definition) is 4. The van der Waals surface area contributed by atoms with Crippen molar-refractivity contribution >= 4 is 33.4 Å². The van der Waals surface area contributed by atoms with Crippen LogP contribution in [0.2, 0.25) is 5.02 Å². The molecule has 2 heterocycles. The van der Waals surface area contributed by atoms with Gasteiger partial charge in [0.15, 0.2) is 24.3 Å². The average molecular weight is 577 g/mol. The summed E-state index contributed by atoms with van der Waals surface area (Å²) in [6, 6.07) is 11.5. The van der Waals surface area contributed by atoms with Gasteiger partial charge in [-0.2, -0.15) is 9.46 Å². The first kappa shape index (κ1) is 29.8. The summed E-state index contributed by atoms with van der Waals surface area (Å²) in [5.74, 6) is -1.81. The molecule has 0 aliphatic heterocycles. The number of carbonyl (C=O) groups is 2. The van der Waals surface area contributed by atoms with Gasteiger partial charge < -0.3 is 26.8 Å². The molecule has 3 aromatic rings. The Hall–Kier alpha value is -3.78. The average Bonchev–Trinajstić information content (AvgIpc) is 2.89.